The van der Waals surface area contributed by atoms with Gasteiger partial charge in [-0.3, -0.25) is 0 Å². The Morgan fingerprint density at radius 3 is 2.35 bits per heavy atom. The summed E-state index contributed by atoms with van der Waals surface area (Å²) in [6, 6.07) is 12.4. The maximum Gasteiger partial charge on any atom is 0.173 e. The van der Waals surface area contributed by atoms with Crippen molar-refractivity contribution in [1.29, 1.82) is 0 Å². The van der Waals surface area contributed by atoms with Gasteiger partial charge in [0.05, 0.1) is 13.1 Å². The summed E-state index contributed by atoms with van der Waals surface area (Å²) in [4.78, 5) is 8.24. The lowest BCUT2D eigenvalue weighted by Crippen LogP contribution is -2.37. The third kappa shape index (κ3) is 5.32. The number of rotatable bonds is 7. The molecule has 158 valence electrons. The van der Waals surface area contributed by atoms with E-state index in [1.54, 1.807) is 35.3 Å². The first kappa shape index (κ1) is 21.5. The zero-order chi connectivity index (χ0) is 21.8. The summed E-state index contributed by atoms with van der Waals surface area (Å²) in [5.74, 6) is 0.500. The van der Waals surface area contributed by atoms with Gasteiger partial charge in [-0.25, -0.2) is 19.3 Å². The quantitative estimate of drug-likeness (QED) is 0.423. The predicted octanol–water partition coefficient (Wildman–Crippen LogP) is 4.59. The van der Waals surface area contributed by atoms with Crippen molar-refractivity contribution in [2.75, 3.05) is 0 Å². The van der Waals surface area contributed by atoms with Gasteiger partial charge in [0.25, 0.3) is 0 Å². The summed E-state index contributed by atoms with van der Waals surface area (Å²) in [5, 5.41) is 21.6. The third-order valence-corrected chi connectivity index (χ3v) is 5.40. The number of benzene rings is 2. The van der Waals surface area contributed by atoms with Gasteiger partial charge in [-0.1, -0.05) is 59.1 Å². The van der Waals surface area contributed by atoms with E-state index in [1.165, 1.54) is 17.3 Å². The van der Waals surface area contributed by atoms with Crippen molar-refractivity contribution < 1.29 is 5.11 Å². The number of hydrogen-bond donors (Lipinski definition) is 1. The number of hydrogen-bond acceptors (Lipinski definition) is 5. The van der Waals surface area contributed by atoms with E-state index in [0.717, 1.165) is 5.56 Å². The van der Waals surface area contributed by atoms with Gasteiger partial charge in [-0.05, 0) is 35.9 Å². The van der Waals surface area contributed by atoms with E-state index in [2.05, 4.69) is 20.2 Å². The largest absolute Gasteiger partial charge is 0.381 e. The second kappa shape index (κ2) is 9.20. The molecule has 31 heavy (non-hydrogen) atoms. The van der Waals surface area contributed by atoms with E-state index in [1.807, 2.05) is 30.3 Å². The minimum Gasteiger partial charge on any atom is -0.381 e. The summed E-state index contributed by atoms with van der Waals surface area (Å²) in [6.07, 6.45) is 8.15. The molecular formula is C21H17Cl3N6O. The van der Waals surface area contributed by atoms with Crippen LogP contribution in [0.15, 0.2) is 61.4 Å². The molecule has 1 N–H and O–H groups in total. The topological polar surface area (TPSA) is 81.6 Å². The first-order valence-corrected chi connectivity index (χ1v) is 10.4. The van der Waals surface area contributed by atoms with Crippen molar-refractivity contribution in [3.8, 4) is 0 Å². The summed E-state index contributed by atoms with van der Waals surface area (Å²) >= 11 is 18.3. The number of aromatic nitrogens is 6. The number of nitrogens with zero attached hydrogens (tertiary/aromatic N) is 6. The van der Waals surface area contributed by atoms with Crippen molar-refractivity contribution in [1.82, 2.24) is 29.5 Å². The van der Waals surface area contributed by atoms with Crippen LogP contribution in [0.5, 0.6) is 0 Å². The van der Waals surface area contributed by atoms with E-state index < -0.39 is 5.60 Å². The van der Waals surface area contributed by atoms with Crippen LogP contribution in [0, 0.1) is 0 Å². The van der Waals surface area contributed by atoms with Crippen LogP contribution in [0.2, 0.25) is 15.1 Å². The molecule has 0 saturated carbocycles. The van der Waals surface area contributed by atoms with E-state index in [-0.39, 0.29) is 13.1 Å². The van der Waals surface area contributed by atoms with Crippen molar-refractivity contribution in [3.05, 3.63) is 93.5 Å². The predicted molar refractivity (Wildman–Crippen MR) is 121 cm³/mol. The van der Waals surface area contributed by atoms with Gasteiger partial charge in [0.1, 0.15) is 24.6 Å². The van der Waals surface area contributed by atoms with Gasteiger partial charge in [0.15, 0.2) is 5.82 Å². The standard InChI is InChI=1S/C21H17Cl3N6O/c22-16-4-1-15(2-5-16)3-8-20-26-14-30(28-20)11-21(31,10-29-13-25-12-27-29)18-7-6-17(23)9-19(18)24/h1-9,12-14,31H,10-11H2/b8-3+. The van der Waals surface area contributed by atoms with Crippen LogP contribution < -0.4 is 0 Å². The minimum absolute atomic E-state index is 0.0933. The molecule has 0 aliphatic carbocycles. The molecule has 4 aromatic rings. The first-order valence-electron chi connectivity index (χ1n) is 9.25. The van der Waals surface area contributed by atoms with Crippen LogP contribution in [0.3, 0.4) is 0 Å². The monoisotopic (exact) mass is 474 g/mol. The van der Waals surface area contributed by atoms with E-state index in [9.17, 15) is 5.11 Å². The van der Waals surface area contributed by atoms with Gasteiger partial charge >= 0.3 is 0 Å². The Labute approximate surface area is 193 Å². The molecule has 4 rings (SSSR count). The first-order chi connectivity index (χ1) is 14.9. The molecule has 0 radical (unpaired) electrons. The van der Waals surface area contributed by atoms with Gasteiger partial charge in [0, 0.05) is 20.6 Å². The van der Waals surface area contributed by atoms with Crippen molar-refractivity contribution in [3.63, 3.8) is 0 Å². The van der Waals surface area contributed by atoms with Crippen LogP contribution in [0.4, 0.5) is 0 Å². The number of aliphatic hydroxyl groups is 1. The normalized spacial score (nSPS) is 13.5. The highest BCUT2D eigenvalue weighted by molar-refractivity contribution is 6.35. The average molecular weight is 476 g/mol. The maximum atomic E-state index is 11.6. The summed E-state index contributed by atoms with van der Waals surface area (Å²) < 4.78 is 3.09. The molecule has 0 aliphatic heterocycles. The molecular weight excluding hydrogens is 459 g/mol. The maximum absolute atomic E-state index is 11.6. The van der Waals surface area contributed by atoms with Gasteiger partial charge < -0.3 is 5.11 Å². The van der Waals surface area contributed by atoms with Gasteiger partial charge in [-0.2, -0.15) is 10.2 Å². The van der Waals surface area contributed by atoms with E-state index in [0.29, 0.717) is 26.5 Å². The van der Waals surface area contributed by atoms with E-state index >= 15 is 0 Å². The summed E-state index contributed by atoms with van der Waals surface area (Å²) in [7, 11) is 0. The molecule has 0 bridgehead atoms. The smallest absolute Gasteiger partial charge is 0.173 e. The fourth-order valence-electron chi connectivity index (χ4n) is 3.14. The van der Waals surface area contributed by atoms with Crippen LogP contribution in [-0.2, 0) is 18.7 Å². The Morgan fingerprint density at radius 2 is 1.65 bits per heavy atom. The van der Waals surface area contributed by atoms with Gasteiger partial charge in [0.2, 0.25) is 0 Å². The third-order valence-electron chi connectivity index (χ3n) is 4.60. The Balaban J connectivity index is 1.59. The van der Waals surface area contributed by atoms with Gasteiger partial charge in [-0.15, -0.1) is 0 Å². The Hall–Kier alpha value is -2.71. The fraction of sp³-hybridized carbons (Fsp3) is 0.143. The lowest BCUT2D eigenvalue weighted by atomic mass is 9.93. The highest BCUT2D eigenvalue weighted by Gasteiger charge is 2.34. The molecule has 0 amide bonds. The lowest BCUT2D eigenvalue weighted by molar-refractivity contribution is -0.00532. The molecule has 1 atom stereocenters. The average Bonchev–Trinajstić information content (AvgIpc) is 3.39. The van der Waals surface area contributed by atoms with E-state index in [4.69, 9.17) is 34.8 Å². The SMILES string of the molecule is OC(Cn1cncn1)(Cn1cnc(/C=C/c2ccc(Cl)cc2)n1)c1ccc(Cl)cc1Cl. The Bertz CT molecular complexity index is 1190. The van der Waals surface area contributed by atoms with Crippen molar-refractivity contribution in [2.24, 2.45) is 0 Å². The second-order valence-corrected chi connectivity index (χ2v) is 8.21. The zero-order valence-corrected chi connectivity index (χ0v) is 18.4. The van der Waals surface area contributed by atoms with Crippen molar-refractivity contribution in [2.45, 2.75) is 18.7 Å². The van der Waals surface area contributed by atoms with Crippen LogP contribution in [-0.4, -0.2) is 34.6 Å². The molecule has 1 unspecified atom stereocenters. The second-order valence-electron chi connectivity index (χ2n) is 6.93. The Kier molecular flexibility index (Phi) is 6.38. The van der Waals surface area contributed by atoms with Crippen molar-refractivity contribution >= 4 is 47.0 Å². The molecule has 10 heteroatoms. The molecule has 7 nitrogen and oxygen atoms in total. The molecule has 0 fully saturated rings. The molecule has 2 aromatic carbocycles. The minimum atomic E-state index is -1.43. The lowest BCUT2D eigenvalue weighted by Gasteiger charge is -2.29. The number of halogens is 3. The molecule has 0 saturated heterocycles. The summed E-state index contributed by atoms with van der Waals surface area (Å²) in [5.41, 5.74) is 0.0412. The fourth-order valence-corrected chi connectivity index (χ4v) is 3.85. The highest BCUT2D eigenvalue weighted by atomic mass is 35.5. The van der Waals surface area contributed by atoms with Crippen LogP contribution in [0.1, 0.15) is 17.0 Å². The Morgan fingerprint density at radius 1 is 0.903 bits per heavy atom. The zero-order valence-electron chi connectivity index (χ0n) is 16.1. The summed E-state index contributed by atoms with van der Waals surface area (Å²) in [6.45, 7) is 0.208. The molecule has 0 spiro atoms. The van der Waals surface area contributed by atoms with Crippen LogP contribution >= 0.6 is 34.8 Å². The molecule has 2 aromatic heterocycles. The highest BCUT2D eigenvalue weighted by Crippen LogP contribution is 2.33. The molecule has 0 aliphatic rings. The van der Waals surface area contributed by atoms with Crippen LogP contribution in [0.25, 0.3) is 12.2 Å². The molecule has 2 heterocycles.